The van der Waals surface area contributed by atoms with E-state index in [-0.39, 0.29) is 5.92 Å². The number of hydrogen-bond donors (Lipinski definition) is 1. The van der Waals surface area contributed by atoms with Gasteiger partial charge in [-0.1, -0.05) is 31.5 Å². The zero-order chi connectivity index (χ0) is 18.1. The van der Waals surface area contributed by atoms with Crippen LogP contribution in [-0.4, -0.2) is 27.4 Å². The molecule has 0 spiro atoms. The summed E-state index contributed by atoms with van der Waals surface area (Å²) in [5.41, 5.74) is 8.43. The Hall–Kier alpha value is -2.20. The quantitative estimate of drug-likeness (QED) is 0.658. The van der Waals surface area contributed by atoms with E-state index in [1.807, 2.05) is 24.3 Å². The number of unbranched alkanes of at least 4 members (excludes halogenated alkanes) is 1. The van der Waals surface area contributed by atoms with E-state index in [1.54, 1.807) is 14.2 Å². The molecule has 0 saturated carbocycles. The minimum Gasteiger partial charge on any atom is -0.494 e. The normalized spacial score (nSPS) is 11.8. The molecule has 0 fully saturated rings. The van der Waals surface area contributed by atoms with Crippen molar-refractivity contribution in [3.63, 3.8) is 0 Å². The molecule has 4 nitrogen and oxygen atoms in total. The lowest BCUT2D eigenvalue weighted by Crippen LogP contribution is -2.15. The summed E-state index contributed by atoms with van der Waals surface area (Å²) < 4.78 is 16.4. The molecule has 25 heavy (non-hydrogen) atoms. The van der Waals surface area contributed by atoms with Gasteiger partial charge in [-0.05, 0) is 54.8 Å². The van der Waals surface area contributed by atoms with E-state index in [1.165, 1.54) is 5.56 Å². The highest BCUT2D eigenvalue weighted by molar-refractivity contribution is 5.44. The molecule has 0 heterocycles. The lowest BCUT2D eigenvalue weighted by Gasteiger charge is -2.18. The van der Waals surface area contributed by atoms with Gasteiger partial charge in [0, 0.05) is 5.92 Å². The zero-order valence-corrected chi connectivity index (χ0v) is 15.5. The second-order valence-electron chi connectivity index (χ2n) is 6.10. The molecule has 0 saturated heterocycles. The average molecular weight is 343 g/mol. The highest BCUT2D eigenvalue weighted by Gasteiger charge is 2.14. The van der Waals surface area contributed by atoms with Gasteiger partial charge in [0.1, 0.15) is 5.75 Å². The molecule has 2 aromatic carbocycles. The highest BCUT2D eigenvalue weighted by Crippen LogP contribution is 2.31. The molecular formula is C21H29NO3. The molecule has 136 valence electrons. The third-order valence-corrected chi connectivity index (χ3v) is 4.34. The Morgan fingerprint density at radius 2 is 1.68 bits per heavy atom. The molecule has 0 aliphatic rings. The lowest BCUT2D eigenvalue weighted by atomic mass is 9.92. The first-order chi connectivity index (χ1) is 12.2. The van der Waals surface area contributed by atoms with Crippen LogP contribution in [0.1, 0.15) is 36.8 Å². The monoisotopic (exact) mass is 343 g/mol. The maximum atomic E-state index is 6.03. The van der Waals surface area contributed by atoms with Crippen LogP contribution in [0.4, 0.5) is 0 Å². The van der Waals surface area contributed by atoms with Crippen molar-refractivity contribution >= 4 is 0 Å². The average Bonchev–Trinajstić information content (AvgIpc) is 2.67. The largest absolute Gasteiger partial charge is 0.494 e. The summed E-state index contributed by atoms with van der Waals surface area (Å²) in [6, 6.07) is 14.3. The van der Waals surface area contributed by atoms with Crippen LogP contribution < -0.4 is 19.9 Å². The van der Waals surface area contributed by atoms with Crippen LogP contribution in [0.15, 0.2) is 42.5 Å². The molecule has 0 bridgehead atoms. The molecule has 2 rings (SSSR count). The zero-order valence-electron chi connectivity index (χ0n) is 15.5. The second-order valence-corrected chi connectivity index (χ2v) is 6.10. The van der Waals surface area contributed by atoms with E-state index in [0.717, 1.165) is 48.7 Å². The fourth-order valence-electron chi connectivity index (χ4n) is 2.78. The Balaban J connectivity index is 2.06. The van der Waals surface area contributed by atoms with E-state index < -0.39 is 0 Å². The molecule has 0 radical (unpaired) electrons. The Labute approximate surface area is 150 Å². The minimum atomic E-state index is 0.228. The Morgan fingerprint density at radius 1 is 0.960 bits per heavy atom. The Morgan fingerprint density at radius 3 is 2.28 bits per heavy atom. The standard InChI is InChI=1S/C21H29NO3/c1-4-5-12-25-19-9-6-16(7-10-19)13-18(15-22)17-8-11-20(23-2)21(14-17)24-3/h6-11,14,18H,4-5,12-13,15,22H2,1-3H3. The second kappa shape index (κ2) is 9.94. The van der Waals surface area contributed by atoms with E-state index >= 15 is 0 Å². The number of methoxy groups -OCH3 is 2. The van der Waals surface area contributed by atoms with Gasteiger partial charge in [0.05, 0.1) is 20.8 Å². The molecule has 0 amide bonds. The van der Waals surface area contributed by atoms with E-state index in [2.05, 4.69) is 25.1 Å². The molecule has 1 unspecified atom stereocenters. The van der Waals surface area contributed by atoms with Gasteiger partial charge in [-0.3, -0.25) is 0 Å². The maximum Gasteiger partial charge on any atom is 0.160 e. The molecule has 1 atom stereocenters. The van der Waals surface area contributed by atoms with Gasteiger partial charge < -0.3 is 19.9 Å². The van der Waals surface area contributed by atoms with Crippen LogP contribution in [0.2, 0.25) is 0 Å². The Kier molecular flexibility index (Phi) is 7.61. The first kappa shape index (κ1) is 19.1. The molecule has 0 aliphatic heterocycles. The molecular weight excluding hydrogens is 314 g/mol. The molecule has 2 aromatic rings. The van der Waals surface area contributed by atoms with Crippen molar-refractivity contribution in [3.8, 4) is 17.2 Å². The van der Waals surface area contributed by atoms with Crippen molar-refractivity contribution in [2.45, 2.75) is 32.1 Å². The summed E-state index contributed by atoms with van der Waals surface area (Å²) >= 11 is 0. The van der Waals surface area contributed by atoms with Crippen molar-refractivity contribution in [1.29, 1.82) is 0 Å². The van der Waals surface area contributed by atoms with E-state index in [4.69, 9.17) is 19.9 Å². The molecule has 0 aromatic heterocycles. The van der Waals surface area contributed by atoms with E-state index in [9.17, 15) is 0 Å². The number of nitrogens with two attached hydrogens (primary N) is 1. The molecule has 4 heteroatoms. The number of hydrogen-bond acceptors (Lipinski definition) is 4. The maximum absolute atomic E-state index is 6.03. The fraction of sp³-hybridized carbons (Fsp3) is 0.429. The highest BCUT2D eigenvalue weighted by atomic mass is 16.5. The van der Waals surface area contributed by atoms with E-state index in [0.29, 0.717) is 6.54 Å². The number of rotatable bonds is 10. The van der Waals surface area contributed by atoms with Gasteiger partial charge >= 0.3 is 0 Å². The predicted molar refractivity (Wildman–Crippen MR) is 102 cm³/mol. The minimum absolute atomic E-state index is 0.228. The summed E-state index contributed by atoms with van der Waals surface area (Å²) in [4.78, 5) is 0. The summed E-state index contributed by atoms with van der Waals surface area (Å²) in [7, 11) is 3.29. The molecule has 0 aliphatic carbocycles. The van der Waals surface area contributed by atoms with Crippen LogP contribution in [0.5, 0.6) is 17.2 Å². The summed E-state index contributed by atoms with van der Waals surface area (Å²) in [5, 5.41) is 0. The number of benzene rings is 2. The van der Waals surface area contributed by atoms with Gasteiger partial charge in [0.2, 0.25) is 0 Å². The van der Waals surface area contributed by atoms with Crippen molar-refractivity contribution in [2.75, 3.05) is 27.4 Å². The Bertz CT molecular complexity index is 640. The summed E-state index contributed by atoms with van der Waals surface area (Å²) in [5.74, 6) is 2.62. The van der Waals surface area contributed by atoms with Crippen LogP contribution in [0.3, 0.4) is 0 Å². The molecule has 2 N–H and O–H groups in total. The van der Waals surface area contributed by atoms with Gasteiger partial charge in [-0.15, -0.1) is 0 Å². The predicted octanol–water partition coefficient (Wildman–Crippen LogP) is 4.17. The van der Waals surface area contributed by atoms with Crippen molar-refractivity contribution in [2.24, 2.45) is 5.73 Å². The fourth-order valence-corrected chi connectivity index (χ4v) is 2.78. The van der Waals surface area contributed by atoms with Gasteiger partial charge in [-0.25, -0.2) is 0 Å². The van der Waals surface area contributed by atoms with Gasteiger partial charge in [0.15, 0.2) is 11.5 Å². The SMILES string of the molecule is CCCCOc1ccc(CC(CN)c2ccc(OC)c(OC)c2)cc1. The van der Waals surface area contributed by atoms with Crippen molar-refractivity contribution in [1.82, 2.24) is 0 Å². The first-order valence-corrected chi connectivity index (χ1v) is 8.85. The first-order valence-electron chi connectivity index (χ1n) is 8.85. The van der Waals surface area contributed by atoms with Gasteiger partial charge in [-0.2, -0.15) is 0 Å². The van der Waals surface area contributed by atoms with Crippen LogP contribution in [0, 0.1) is 0 Å². The third kappa shape index (κ3) is 5.40. The van der Waals surface area contributed by atoms with Crippen molar-refractivity contribution < 1.29 is 14.2 Å². The van der Waals surface area contributed by atoms with Crippen LogP contribution in [0.25, 0.3) is 0 Å². The smallest absolute Gasteiger partial charge is 0.160 e. The number of ether oxygens (including phenoxy) is 3. The van der Waals surface area contributed by atoms with Crippen molar-refractivity contribution in [3.05, 3.63) is 53.6 Å². The summed E-state index contributed by atoms with van der Waals surface area (Å²) in [6.45, 7) is 3.50. The third-order valence-electron chi connectivity index (χ3n) is 4.34. The topological polar surface area (TPSA) is 53.7 Å². The van der Waals surface area contributed by atoms with Gasteiger partial charge in [0.25, 0.3) is 0 Å². The van der Waals surface area contributed by atoms with Crippen LogP contribution in [-0.2, 0) is 6.42 Å². The van der Waals surface area contributed by atoms with Crippen LogP contribution >= 0.6 is 0 Å². The lowest BCUT2D eigenvalue weighted by molar-refractivity contribution is 0.309. The summed E-state index contributed by atoms with van der Waals surface area (Å²) in [6.07, 6.45) is 3.10.